The highest BCUT2D eigenvalue weighted by Crippen LogP contribution is 2.49. The van der Waals surface area contributed by atoms with E-state index >= 15 is 0 Å². The number of unbranched alkanes of at least 4 members (excludes halogenated alkanes) is 3. The van der Waals surface area contributed by atoms with Crippen LogP contribution in [0.2, 0.25) is 0 Å². The zero-order valence-corrected chi connectivity index (χ0v) is 60.5. The third-order valence-corrected chi connectivity index (χ3v) is 21.6. The van der Waals surface area contributed by atoms with Crippen molar-refractivity contribution in [3.8, 4) is 11.8 Å². The number of nitrogens with two attached hydrogens (primary N) is 1. The molecule has 0 radical (unpaired) electrons. The molecule has 7 rings (SSSR count). The monoisotopic (exact) mass is 1460 g/mol. The Morgan fingerprint density at radius 1 is 0.857 bits per heavy atom. The molecular formula is C65H91N9O19PS4+. The van der Waals surface area contributed by atoms with Crippen molar-refractivity contribution in [1.82, 2.24) is 30.5 Å². The van der Waals surface area contributed by atoms with Gasteiger partial charge in [0.05, 0.1) is 85.1 Å². The minimum absolute atomic E-state index is 0.0508. The van der Waals surface area contributed by atoms with Gasteiger partial charge in [0.15, 0.2) is 11.4 Å². The van der Waals surface area contributed by atoms with E-state index in [1.165, 1.54) is 24.3 Å². The molecule has 0 bridgehead atoms. The van der Waals surface area contributed by atoms with Crippen molar-refractivity contribution in [2.45, 2.75) is 144 Å². The van der Waals surface area contributed by atoms with Gasteiger partial charge in [-0.15, -0.1) is 0 Å². The molecule has 33 heteroatoms. The highest BCUT2D eigenvalue weighted by molar-refractivity contribution is 8.77. The van der Waals surface area contributed by atoms with E-state index in [1.54, 1.807) is 44.5 Å². The summed E-state index contributed by atoms with van der Waals surface area (Å²) >= 11 is 0. The van der Waals surface area contributed by atoms with Crippen LogP contribution in [0.25, 0.3) is 11.0 Å². The summed E-state index contributed by atoms with van der Waals surface area (Å²) in [5, 5.41) is 8.33. The predicted molar refractivity (Wildman–Crippen MR) is 375 cm³/mol. The minimum atomic E-state index is -4.45. The van der Waals surface area contributed by atoms with Crippen LogP contribution in [-0.4, -0.2) is 176 Å². The first-order valence-corrected chi connectivity index (χ1v) is 38.7. The molecule has 1 fully saturated rings. The van der Waals surface area contributed by atoms with Gasteiger partial charge in [0.2, 0.25) is 17.5 Å². The predicted octanol–water partition coefficient (Wildman–Crippen LogP) is 8.58. The second kappa shape index (κ2) is 36.7. The summed E-state index contributed by atoms with van der Waals surface area (Å²) in [6.07, 6.45) is 14.6. The number of carbonyl (C=O) groups excluding carboxylic acids is 3. The second-order valence-electron chi connectivity index (χ2n) is 24.8. The van der Waals surface area contributed by atoms with Gasteiger partial charge in [-0.1, -0.05) is 65.5 Å². The molecule has 9 N–H and O–H groups in total. The van der Waals surface area contributed by atoms with Crippen molar-refractivity contribution in [2.75, 3.05) is 102 Å². The van der Waals surface area contributed by atoms with Gasteiger partial charge in [0.25, 0.3) is 25.8 Å². The van der Waals surface area contributed by atoms with Crippen LogP contribution >= 0.6 is 29.8 Å². The molecule has 3 amide bonds. The fraction of sp³-hybridized carbons (Fsp3) is 0.538. The number of nitrogen functional groups attached to an aromatic ring is 1. The molecule has 3 aliphatic heterocycles. The number of carbonyl (C=O) groups is 3. The Hall–Kier alpha value is -6.57. The first-order chi connectivity index (χ1) is 46.5. The maximum Gasteiger partial charge on any atom is 0.407 e. The number of anilines is 2. The number of amides is 3. The molecule has 28 nitrogen and oxygen atoms in total. The summed E-state index contributed by atoms with van der Waals surface area (Å²) in [6, 6.07) is 9.26. The summed E-state index contributed by atoms with van der Waals surface area (Å²) in [5.41, 5.74) is 9.84. The molecule has 0 aliphatic carbocycles. The van der Waals surface area contributed by atoms with Gasteiger partial charge in [0.1, 0.15) is 18.7 Å². The number of benzene rings is 2. The Bertz CT molecular complexity index is 3970. The van der Waals surface area contributed by atoms with Crippen LogP contribution in [-0.2, 0) is 73.4 Å². The maximum absolute atomic E-state index is 12.8. The molecule has 2 aromatic heterocycles. The molecule has 538 valence electrons. The van der Waals surface area contributed by atoms with Crippen LogP contribution in [0.1, 0.15) is 129 Å². The molecule has 1 unspecified atom stereocenters. The number of nitrogens with one attached hydrogen (secondary N) is 4. The average molecular weight is 1460 g/mol. The number of allylic oxidation sites excluding steroid dienone is 6. The Labute approximate surface area is 580 Å². The maximum atomic E-state index is 12.8. The normalized spacial score (nSPS) is 17.4. The third kappa shape index (κ3) is 22.7. The molecule has 2 aromatic carbocycles. The van der Waals surface area contributed by atoms with Crippen molar-refractivity contribution in [1.29, 1.82) is 0 Å². The zero-order valence-electron chi connectivity index (χ0n) is 56.2. The molecular weight excluding hydrogens is 1370 g/mol. The average Bonchev–Trinajstić information content (AvgIpc) is 1.60. The van der Waals surface area contributed by atoms with Gasteiger partial charge < -0.3 is 69.0 Å². The first-order valence-electron chi connectivity index (χ1n) is 32.3. The Morgan fingerprint density at radius 2 is 1.54 bits per heavy atom. The SMILES string of the molecule is CCN1\C(=C/C=C/C=C/C2=[N+](CCCCCC(=O)NCCOCCOCCNC(=O)OCCC(C)(C)SSCOCCCCOC(=O)NCC#Cc3cn([C@H]4CC[C@@H](CO[PH](=O)O)O4)c4nc(N)[nH]c(=O)c34)c3ccc(S(=O)(=O)O)cc3C2(C)C)C(C)(C)c2cc(S(=O)(=O)O)ccc21. The highest BCUT2D eigenvalue weighted by atomic mass is 33.1. The van der Waals surface area contributed by atoms with Crippen LogP contribution in [0.4, 0.5) is 26.9 Å². The molecule has 4 aromatic rings. The Kier molecular flexibility index (Phi) is 29.5. The number of ether oxygens (including phenoxy) is 6. The van der Waals surface area contributed by atoms with E-state index in [0.29, 0.717) is 103 Å². The number of alkyl carbamates (subject to hydrolysis) is 2. The molecule has 3 aliphatic rings. The number of aromatic amines is 1. The zero-order chi connectivity index (χ0) is 71.3. The van der Waals surface area contributed by atoms with E-state index in [2.05, 4.69) is 47.2 Å². The number of aromatic nitrogens is 3. The van der Waals surface area contributed by atoms with E-state index in [1.807, 2.05) is 78.8 Å². The lowest BCUT2D eigenvalue weighted by atomic mass is 9.81. The standard InChI is InChI=1S/C65H90N9O19PS4/c1-8-72-51-25-23-47(97(81,82)83)40-49(51)64(4,5)53(72)19-11-9-12-20-54-65(6,7)50-41-48(98(84,85)86)24-26-52(50)73(54)32-14-10-13-21-55(75)67-30-36-87-38-39-88-37-31-69-62(78)91-35-28-63(2,3)96-95-44-89-33-15-16-34-90-61(77)68-29-17-18-45-42-74(58-57(45)59(76)71-60(66)70-58)56-27-22-46(93-56)43-92-94(79)80/h9,11-12,19-20,23-26,40-42,46,56,94H,8,10,13-16,21-22,27-39,43-44H2,1-7H3,(H8-,66,67,68,69,70,71,75,76,77,78,79,80,81,82,83,84,85,86)/p+1/t46-,56+/m0/s1. The Morgan fingerprint density at radius 3 is 2.26 bits per heavy atom. The summed E-state index contributed by atoms with van der Waals surface area (Å²) in [4.78, 5) is 67.6. The van der Waals surface area contributed by atoms with Crippen molar-refractivity contribution in [3.63, 3.8) is 0 Å². The Balaban J connectivity index is 0.686. The van der Waals surface area contributed by atoms with E-state index in [0.717, 1.165) is 46.8 Å². The van der Waals surface area contributed by atoms with Gasteiger partial charge in [-0.3, -0.25) is 28.2 Å². The van der Waals surface area contributed by atoms with E-state index in [4.69, 9.17) is 43.6 Å². The summed E-state index contributed by atoms with van der Waals surface area (Å²) in [7, 11) is -8.77. The van der Waals surface area contributed by atoms with E-state index < -0.39 is 69.4 Å². The molecule has 5 heterocycles. The molecule has 3 atom stereocenters. The smallest absolute Gasteiger partial charge is 0.407 e. The van der Waals surface area contributed by atoms with Crippen molar-refractivity contribution in [2.24, 2.45) is 0 Å². The fourth-order valence-corrected chi connectivity index (χ4v) is 15.0. The van der Waals surface area contributed by atoms with Crippen LogP contribution in [0.15, 0.2) is 93.3 Å². The number of nitrogens with zero attached hydrogens (tertiary/aromatic N) is 4. The second-order valence-corrected chi connectivity index (χ2v) is 31.4. The number of fused-ring (bicyclic) bond motifs is 3. The van der Waals surface area contributed by atoms with E-state index in [9.17, 15) is 49.7 Å². The molecule has 0 saturated carbocycles. The molecule has 0 spiro atoms. The number of hydrogen-bond donors (Lipinski definition) is 8. The lowest BCUT2D eigenvalue weighted by Gasteiger charge is -2.25. The van der Waals surface area contributed by atoms with Gasteiger partial charge in [-0.25, -0.2) is 9.59 Å². The third-order valence-electron chi connectivity index (χ3n) is 16.4. The fourth-order valence-electron chi connectivity index (χ4n) is 11.4. The number of likely N-dealkylation sites (N-methyl/N-ethyl adjacent to an activating group) is 1. The van der Waals surface area contributed by atoms with Gasteiger partial charge in [-0.05, 0) is 122 Å². The van der Waals surface area contributed by atoms with Crippen LogP contribution < -0.4 is 32.1 Å². The summed E-state index contributed by atoms with van der Waals surface area (Å²) < 4.78 is 121. The number of H-pyrrole nitrogens is 1. The first kappa shape index (κ1) is 78.8. The summed E-state index contributed by atoms with van der Waals surface area (Å²) in [5.74, 6) is 5.98. The van der Waals surface area contributed by atoms with Crippen molar-refractivity contribution >= 4 is 102 Å². The molecule has 1 saturated heterocycles. The number of hydrogen-bond acceptors (Lipinski definition) is 21. The van der Waals surface area contributed by atoms with Crippen molar-refractivity contribution in [3.05, 3.63) is 106 Å². The lowest BCUT2D eigenvalue weighted by molar-refractivity contribution is -0.438. The largest absolute Gasteiger partial charge is 0.450 e. The topological polar surface area (TPSA) is 381 Å². The quantitative estimate of drug-likeness (QED) is 0.00304. The minimum Gasteiger partial charge on any atom is -0.450 e. The lowest BCUT2D eigenvalue weighted by Crippen LogP contribution is -2.30. The highest BCUT2D eigenvalue weighted by Gasteiger charge is 2.45. The van der Waals surface area contributed by atoms with Crippen LogP contribution in [0, 0.1) is 11.8 Å². The number of rotatable bonds is 38. The van der Waals surface area contributed by atoms with Gasteiger partial charge >= 0.3 is 20.4 Å². The van der Waals surface area contributed by atoms with E-state index in [-0.39, 0.29) is 76.9 Å². The summed E-state index contributed by atoms with van der Waals surface area (Å²) in [6.45, 7) is 17.8. The van der Waals surface area contributed by atoms with Crippen molar-refractivity contribution < 1.29 is 87.3 Å². The van der Waals surface area contributed by atoms with Crippen LogP contribution in [0.3, 0.4) is 0 Å². The van der Waals surface area contributed by atoms with Gasteiger partial charge in [0, 0.05) is 84.5 Å². The molecule has 98 heavy (non-hydrogen) atoms. The van der Waals surface area contributed by atoms with Gasteiger partial charge in [-0.2, -0.15) is 26.4 Å². The van der Waals surface area contributed by atoms with Crippen LogP contribution in [0.5, 0.6) is 0 Å².